The maximum atomic E-state index is 11.7. The van der Waals surface area contributed by atoms with E-state index in [0.717, 1.165) is 5.56 Å². The zero-order valence-corrected chi connectivity index (χ0v) is 11.6. The van der Waals surface area contributed by atoms with E-state index in [9.17, 15) is 9.90 Å². The molecule has 1 aromatic rings. The van der Waals surface area contributed by atoms with Crippen molar-refractivity contribution in [2.75, 3.05) is 13.2 Å². The van der Waals surface area contributed by atoms with Crippen LogP contribution in [0.15, 0.2) is 35.3 Å². The van der Waals surface area contributed by atoms with Crippen molar-refractivity contribution in [2.24, 2.45) is 4.99 Å². The molecule has 0 radical (unpaired) electrons. The normalized spacial score (nSPS) is 21.9. The van der Waals surface area contributed by atoms with Crippen molar-refractivity contribution in [2.45, 2.75) is 25.1 Å². The van der Waals surface area contributed by atoms with E-state index in [1.807, 2.05) is 30.3 Å². The van der Waals surface area contributed by atoms with Crippen LogP contribution in [0, 0.1) is 6.57 Å². The van der Waals surface area contributed by atoms with Crippen molar-refractivity contribution in [1.29, 1.82) is 0 Å². The minimum absolute atomic E-state index is 0.0105. The Balaban J connectivity index is 2.20. The SMILES string of the molecule is [C-]#[N+]C(C(=O)OCC)C1=NC(CO)C(c2ccccc2)O1. The number of esters is 1. The van der Waals surface area contributed by atoms with Crippen molar-refractivity contribution >= 4 is 11.9 Å². The van der Waals surface area contributed by atoms with Crippen LogP contribution in [0.5, 0.6) is 0 Å². The fourth-order valence-corrected chi connectivity index (χ4v) is 2.10. The highest BCUT2D eigenvalue weighted by atomic mass is 16.5. The Kier molecular flexibility index (Phi) is 4.90. The van der Waals surface area contributed by atoms with Gasteiger partial charge >= 0.3 is 12.0 Å². The van der Waals surface area contributed by atoms with Crippen LogP contribution in [-0.2, 0) is 14.3 Å². The molecule has 0 fully saturated rings. The van der Waals surface area contributed by atoms with Crippen LogP contribution in [0.25, 0.3) is 4.85 Å². The molecule has 110 valence electrons. The topological polar surface area (TPSA) is 72.5 Å². The molecule has 2 rings (SSSR count). The standard InChI is InChI=1S/C15H16N2O4/c1-3-20-15(19)12(16-2)14-17-11(9-18)13(21-14)10-7-5-4-6-8-10/h4-8,11-13,18H,3,9H2,1H3. The lowest BCUT2D eigenvalue weighted by atomic mass is 10.0. The number of hydrogen-bond donors (Lipinski definition) is 1. The van der Waals surface area contributed by atoms with Gasteiger partial charge in [0.2, 0.25) is 0 Å². The molecule has 1 aliphatic rings. The molecule has 6 heteroatoms. The molecule has 0 aliphatic carbocycles. The predicted octanol–water partition coefficient (Wildman–Crippen LogP) is 1.37. The summed E-state index contributed by atoms with van der Waals surface area (Å²) in [4.78, 5) is 19.1. The third kappa shape index (κ3) is 3.20. The van der Waals surface area contributed by atoms with E-state index in [4.69, 9.17) is 16.0 Å². The van der Waals surface area contributed by atoms with Crippen molar-refractivity contribution in [1.82, 2.24) is 0 Å². The number of aliphatic hydroxyl groups is 1. The van der Waals surface area contributed by atoms with Crippen molar-refractivity contribution in [3.8, 4) is 0 Å². The maximum Gasteiger partial charge on any atom is 0.400 e. The molecule has 0 saturated heterocycles. The summed E-state index contributed by atoms with van der Waals surface area (Å²) in [7, 11) is 0. The Bertz CT molecular complexity index is 565. The number of benzene rings is 1. The van der Waals surface area contributed by atoms with Crippen LogP contribution >= 0.6 is 0 Å². The molecule has 1 aliphatic heterocycles. The van der Waals surface area contributed by atoms with Crippen LogP contribution in [0.3, 0.4) is 0 Å². The molecule has 1 N–H and O–H groups in total. The smallest absolute Gasteiger partial charge is 0.400 e. The second-order valence-corrected chi connectivity index (χ2v) is 4.45. The van der Waals surface area contributed by atoms with Crippen LogP contribution in [0.2, 0.25) is 0 Å². The van der Waals surface area contributed by atoms with Crippen molar-refractivity contribution in [3.05, 3.63) is 47.3 Å². The van der Waals surface area contributed by atoms with Gasteiger partial charge in [0.05, 0.1) is 13.2 Å². The lowest BCUT2D eigenvalue weighted by molar-refractivity contribution is -0.142. The lowest BCUT2D eigenvalue weighted by Gasteiger charge is -2.16. The number of aliphatic hydroxyl groups excluding tert-OH is 1. The van der Waals surface area contributed by atoms with Crippen LogP contribution in [0.1, 0.15) is 18.6 Å². The van der Waals surface area contributed by atoms with Gasteiger partial charge in [0, 0.05) is 0 Å². The number of ether oxygens (including phenoxy) is 2. The summed E-state index contributed by atoms with van der Waals surface area (Å²) in [6.07, 6.45) is -0.495. The molecule has 0 spiro atoms. The molecular weight excluding hydrogens is 272 g/mol. The molecule has 21 heavy (non-hydrogen) atoms. The second kappa shape index (κ2) is 6.86. The molecule has 0 saturated carbocycles. The van der Waals surface area contributed by atoms with Gasteiger partial charge in [0.25, 0.3) is 5.90 Å². The average Bonchev–Trinajstić information content (AvgIpc) is 2.93. The van der Waals surface area contributed by atoms with Gasteiger partial charge in [0.15, 0.2) is 6.10 Å². The second-order valence-electron chi connectivity index (χ2n) is 4.45. The van der Waals surface area contributed by atoms with Crippen LogP contribution < -0.4 is 0 Å². The van der Waals surface area contributed by atoms with Gasteiger partial charge in [-0.05, 0) is 12.5 Å². The van der Waals surface area contributed by atoms with E-state index in [2.05, 4.69) is 9.84 Å². The summed E-state index contributed by atoms with van der Waals surface area (Å²) in [5.41, 5.74) is 0.836. The Morgan fingerprint density at radius 3 is 2.81 bits per heavy atom. The zero-order chi connectivity index (χ0) is 15.2. The van der Waals surface area contributed by atoms with Gasteiger partial charge in [-0.2, -0.15) is 0 Å². The lowest BCUT2D eigenvalue weighted by Crippen LogP contribution is -2.29. The van der Waals surface area contributed by atoms with Gasteiger partial charge in [-0.25, -0.2) is 16.4 Å². The summed E-state index contributed by atoms with van der Waals surface area (Å²) >= 11 is 0. The third-order valence-electron chi connectivity index (χ3n) is 3.08. The highest BCUT2D eigenvalue weighted by molar-refractivity contribution is 6.04. The monoisotopic (exact) mass is 288 g/mol. The fourth-order valence-electron chi connectivity index (χ4n) is 2.10. The molecule has 1 aromatic carbocycles. The molecule has 1 heterocycles. The number of rotatable bonds is 5. The summed E-state index contributed by atoms with van der Waals surface area (Å²) in [6, 6.07) is 7.53. The molecular formula is C15H16N2O4. The number of carbonyl (C=O) groups is 1. The van der Waals surface area contributed by atoms with E-state index in [1.54, 1.807) is 6.92 Å². The summed E-state index contributed by atoms with van der Waals surface area (Å²) in [6.45, 7) is 8.75. The summed E-state index contributed by atoms with van der Waals surface area (Å²) in [5.74, 6) is -0.673. The molecule has 0 aromatic heterocycles. The Morgan fingerprint density at radius 2 is 2.24 bits per heavy atom. The van der Waals surface area contributed by atoms with Gasteiger partial charge < -0.3 is 14.6 Å². The summed E-state index contributed by atoms with van der Waals surface area (Å²) in [5, 5.41) is 9.43. The Morgan fingerprint density at radius 1 is 1.52 bits per heavy atom. The van der Waals surface area contributed by atoms with Gasteiger partial charge in [0.1, 0.15) is 6.04 Å². The van der Waals surface area contributed by atoms with Crippen molar-refractivity contribution < 1.29 is 19.4 Å². The first-order chi connectivity index (χ1) is 10.2. The number of carbonyl (C=O) groups excluding carboxylic acids is 1. The number of aliphatic imine (C=N–C) groups is 1. The minimum Gasteiger partial charge on any atom is -0.464 e. The fraction of sp³-hybridized carbons (Fsp3) is 0.400. The van der Waals surface area contributed by atoms with Crippen LogP contribution in [0.4, 0.5) is 0 Å². The molecule has 3 unspecified atom stereocenters. The first kappa shape index (κ1) is 15.0. The predicted molar refractivity (Wildman–Crippen MR) is 75.6 cm³/mol. The average molecular weight is 288 g/mol. The first-order valence-corrected chi connectivity index (χ1v) is 6.64. The highest BCUT2D eigenvalue weighted by Crippen LogP contribution is 2.30. The first-order valence-electron chi connectivity index (χ1n) is 6.64. The molecule has 3 atom stereocenters. The Hall–Kier alpha value is -2.39. The molecule has 0 amide bonds. The van der Waals surface area contributed by atoms with Crippen molar-refractivity contribution in [3.63, 3.8) is 0 Å². The zero-order valence-electron chi connectivity index (χ0n) is 11.6. The van der Waals surface area contributed by atoms with Gasteiger partial charge in [-0.15, -0.1) is 0 Å². The highest BCUT2D eigenvalue weighted by Gasteiger charge is 2.42. The van der Waals surface area contributed by atoms with Gasteiger partial charge in [-0.1, -0.05) is 30.3 Å². The van der Waals surface area contributed by atoms with Crippen LogP contribution in [-0.4, -0.2) is 42.3 Å². The maximum absolute atomic E-state index is 11.7. The van der Waals surface area contributed by atoms with E-state index in [1.165, 1.54) is 0 Å². The number of hydrogen-bond acceptors (Lipinski definition) is 5. The third-order valence-corrected chi connectivity index (χ3v) is 3.08. The number of nitrogens with zero attached hydrogens (tertiary/aromatic N) is 2. The van der Waals surface area contributed by atoms with E-state index < -0.39 is 24.2 Å². The van der Waals surface area contributed by atoms with Gasteiger partial charge in [-0.3, -0.25) is 4.85 Å². The van der Waals surface area contributed by atoms with E-state index in [0.29, 0.717) is 0 Å². The van der Waals surface area contributed by atoms with E-state index >= 15 is 0 Å². The summed E-state index contributed by atoms with van der Waals surface area (Å²) < 4.78 is 10.5. The Labute approximate surface area is 122 Å². The quantitative estimate of drug-likeness (QED) is 0.656. The molecule has 6 nitrogen and oxygen atoms in total. The minimum atomic E-state index is -1.22. The largest absolute Gasteiger partial charge is 0.464 e. The van der Waals surface area contributed by atoms with E-state index in [-0.39, 0.29) is 19.1 Å². The molecule has 0 bridgehead atoms.